The minimum absolute atomic E-state index is 0.149. The molecule has 1 N–H and O–H groups in total. The van der Waals surface area contributed by atoms with Crippen LogP contribution < -0.4 is 0 Å². The summed E-state index contributed by atoms with van der Waals surface area (Å²) in [4.78, 5) is 26.0. The van der Waals surface area contributed by atoms with Crippen molar-refractivity contribution in [2.75, 3.05) is 13.1 Å². The number of piperidine rings is 1. The Morgan fingerprint density at radius 2 is 1.95 bits per heavy atom. The standard InChI is InChI=1S/C15H19NO3S/c1-11(14(17)16-8-3-2-4-9-16)20-13-7-5-6-12(10-13)15(18)19/h5-7,10-11H,2-4,8-9H2,1H3,(H,18,19). The molecule has 1 heterocycles. The third-order valence-electron chi connectivity index (χ3n) is 3.41. The molecule has 0 bridgehead atoms. The highest BCUT2D eigenvalue weighted by molar-refractivity contribution is 8.00. The van der Waals surface area contributed by atoms with Gasteiger partial charge in [-0.2, -0.15) is 0 Å². The number of carbonyl (C=O) groups excluding carboxylic acids is 1. The van der Waals surface area contributed by atoms with Gasteiger partial charge in [-0.05, 0) is 44.4 Å². The van der Waals surface area contributed by atoms with Crippen molar-refractivity contribution in [3.63, 3.8) is 0 Å². The van der Waals surface area contributed by atoms with Crippen molar-refractivity contribution in [2.24, 2.45) is 0 Å². The summed E-state index contributed by atoms with van der Waals surface area (Å²) in [6.45, 7) is 3.58. The number of thioether (sulfide) groups is 1. The van der Waals surface area contributed by atoms with E-state index < -0.39 is 5.97 Å². The Balaban J connectivity index is 1.99. The number of carboxylic acid groups (broad SMARTS) is 1. The van der Waals surface area contributed by atoms with E-state index in [2.05, 4.69) is 0 Å². The topological polar surface area (TPSA) is 57.6 Å². The van der Waals surface area contributed by atoms with Gasteiger partial charge in [-0.1, -0.05) is 6.07 Å². The second-order valence-electron chi connectivity index (χ2n) is 4.98. The summed E-state index contributed by atoms with van der Waals surface area (Å²) in [5, 5.41) is 8.79. The number of hydrogen-bond acceptors (Lipinski definition) is 3. The number of carbonyl (C=O) groups is 2. The van der Waals surface area contributed by atoms with Gasteiger partial charge in [0, 0.05) is 18.0 Å². The van der Waals surface area contributed by atoms with Crippen molar-refractivity contribution in [3.05, 3.63) is 29.8 Å². The summed E-state index contributed by atoms with van der Waals surface area (Å²) in [6.07, 6.45) is 3.36. The van der Waals surface area contributed by atoms with E-state index in [9.17, 15) is 9.59 Å². The first-order valence-corrected chi connectivity index (χ1v) is 7.74. The Morgan fingerprint density at radius 3 is 2.60 bits per heavy atom. The minimum atomic E-state index is -0.942. The Kier molecular flexibility index (Phi) is 5.06. The van der Waals surface area contributed by atoms with Crippen molar-refractivity contribution < 1.29 is 14.7 Å². The molecule has 0 saturated carbocycles. The van der Waals surface area contributed by atoms with Crippen molar-refractivity contribution in [3.8, 4) is 0 Å². The Morgan fingerprint density at radius 1 is 1.25 bits per heavy atom. The number of rotatable bonds is 4. The molecular formula is C15H19NO3S. The third-order valence-corrected chi connectivity index (χ3v) is 4.49. The fraction of sp³-hybridized carbons (Fsp3) is 0.467. The molecular weight excluding hydrogens is 274 g/mol. The monoisotopic (exact) mass is 293 g/mol. The van der Waals surface area contributed by atoms with E-state index in [0.29, 0.717) is 0 Å². The third kappa shape index (κ3) is 3.76. The number of benzene rings is 1. The molecule has 1 atom stereocenters. The molecule has 1 fully saturated rings. The van der Waals surface area contributed by atoms with E-state index >= 15 is 0 Å². The summed E-state index contributed by atoms with van der Waals surface area (Å²) >= 11 is 1.42. The Hall–Kier alpha value is -1.49. The summed E-state index contributed by atoms with van der Waals surface area (Å²) in [7, 11) is 0. The van der Waals surface area contributed by atoms with Gasteiger partial charge >= 0.3 is 5.97 Å². The molecule has 1 aliphatic rings. The molecule has 20 heavy (non-hydrogen) atoms. The van der Waals surface area contributed by atoms with E-state index in [0.717, 1.165) is 30.8 Å². The molecule has 2 rings (SSSR count). The molecule has 0 spiro atoms. The van der Waals surface area contributed by atoms with Crippen LogP contribution in [-0.2, 0) is 4.79 Å². The van der Waals surface area contributed by atoms with Gasteiger partial charge in [0.15, 0.2) is 0 Å². The van der Waals surface area contributed by atoms with Crippen LogP contribution >= 0.6 is 11.8 Å². The smallest absolute Gasteiger partial charge is 0.335 e. The van der Waals surface area contributed by atoms with Crippen LogP contribution in [0.25, 0.3) is 0 Å². The second-order valence-corrected chi connectivity index (χ2v) is 6.39. The quantitative estimate of drug-likeness (QED) is 0.867. The Labute approximate surface area is 123 Å². The molecule has 5 heteroatoms. The largest absolute Gasteiger partial charge is 0.478 e. The normalized spacial score (nSPS) is 16.8. The van der Waals surface area contributed by atoms with E-state index in [4.69, 9.17) is 5.11 Å². The number of nitrogens with zero attached hydrogens (tertiary/aromatic N) is 1. The molecule has 1 saturated heterocycles. The molecule has 4 nitrogen and oxygen atoms in total. The number of likely N-dealkylation sites (tertiary alicyclic amines) is 1. The lowest BCUT2D eigenvalue weighted by Gasteiger charge is -2.29. The summed E-state index contributed by atoms with van der Waals surface area (Å²) < 4.78 is 0. The molecule has 1 unspecified atom stereocenters. The van der Waals surface area contributed by atoms with Gasteiger partial charge < -0.3 is 10.0 Å². The zero-order valence-corrected chi connectivity index (χ0v) is 12.4. The fourth-order valence-electron chi connectivity index (χ4n) is 2.33. The predicted molar refractivity (Wildman–Crippen MR) is 79.2 cm³/mol. The number of amides is 1. The molecule has 0 aliphatic carbocycles. The lowest BCUT2D eigenvalue weighted by Crippen LogP contribution is -2.40. The fourth-order valence-corrected chi connectivity index (χ4v) is 3.34. The average Bonchev–Trinajstić information content (AvgIpc) is 2.47. The Bertz CT molecular complexity index is 498. The summed E-state index contributed by atoms with van der Waals surface area (Å²) in [6, 6.07) is 6.73. The van der Waals surface area contributed by atoms with Crippen molar-refractivity contribution in [1.82, 2.24) is 4.90 Å². The van der Waals surface area contributed by atoms with Crippen LogP contribution in [0.4, 0.5) is 0 Å². The van der Waals surface area contributed by atoms with Crippen molar-refractivity contribution >= 4 is 23.6 Å². The van der Waals surface area contributed by atoms with Crippen LogP contribution in [0.1, 0.15) is 36.5 Å². The second kappa shape index (κ2) is 6.79. The van der Waals surface area contributed by atoms with Gasteiger partial charge in [0.1, 0.15) is 0 Å². The van der Waals surface area contributed by atoms with E-state index in [-0.39, 0.29) is 16.7 Å². The highest BCUT2D eigenvalue weighted by Crippen LogP contribution is 2.26. The first kappa shape index (κ1) is 14.9. The first-order valence-electron chi connectivity index (χ1n) is 6.87. The summed E-state index contributed by atoms with van der Waals surface area (Å²) in [5.74, 6) is -0.794. The number of carboxylic acids is 1. The maximum atomic E-state index is 12.3. The molecule has 108 valence electrons. The molecule has 1 aromatic rings. The van der Waals surface area contributed by atoms with Gasteiger partial charge in [-0.15, -0.1) is 11.8 Å². The van der Waals surface area contributed by atoms with Crippen LogP contribution in [0, 0.1) is 0 Å². The molecule has 0 radical (unpaired) electrons. The number of aromatic carboxylic acids is 1. The summed E-state index contributed by atoms with van der Waals surface area (Å²) in [5.41, 5.74) is 0.257. The lowest BCUT2D eigenvalue weighted by atomic mass is 10.1. The zero-order valence-electron chi connectivity index (χ0n) is 11.5. The first-order chi connectivity index (χ1) is 9.58. The molecule has 1 amide bonds. The maximum Gasteiger partial charge on any atom is 0.335 e. The predicted octanol–water partition coefficient (Wildman–Crippen LogP) is 2.88. The van der Waals surface area contributed by atoms with Crippen molar-refractivity contribution in [2.45, 2.75) is 36.3 Å². The molecule has 1 aromatic carbocycles. The zero-order chi connectivity index (χ0) is 14.5. The highest BCUT2D eigenvalue weighted by Gasteiger charge is 2.23. The minimum Gasteiger partial charge on any atom is -0.478 e. The molecule has 1 aliphatic heterocycles. The van der Waals surface area contributed by atoms with Gasteiger partial charge in [0.05, 0.1) is 10.8 Å². The van der Waals surface area contributed by atoms with Gasteiger partial charge in [0.25, 0.3) is 0 Å². The maximum absolute atomic E-state index is 12.3. The number of hydrogen-bond donors (Lipinski definition) is 1. The van der Waals surface area contributed by atoms with Crippen LogP contribution in [0.3, 0.4) is 0 Å². The SMILES string of the molecule is CC(Sc1cccc(C(=O)O)c1)C(=O)N1CCCCC1. The highest BCUT2D eigenvalue weighted by atomic mass is 32.2. The van der Waals surface area contributed by atoms with E-state index in [1.165, 1.54) is 18.2 Å². The van der Waals surface area contributed by atoms with Crippen LogP contribution in [0.15, 0.2) is 29.2 Å². The average molecular weight is 293 g/mol. The van der Waals surface area contributed by atoms with E-state index in [1.54, 1.807) is 18.2 Å². The van der Waals surface area contributed by atoms with Crippen LogP contribution in [0.5, 0.6) is 0 Å². The van der Waals surface area contributed by atoms with Crippen LogP contribution in [-0.4, -0.2) is 40.2 Å². The lowest BCUT2D eigenvalue weighted by molar-refractivity contribution is -0.131. The van der Waals surface area contributed by atoms with Crippen LogP contribution in [0.2, 0.25) is 0 Å². The van der Waals surface area contributed by atoms with Gasteiger partial charge in [-0.3, -0.25) is 4.79 Å². The van der Waals surface area contributed by atoms with Crippen molar-refractivity contribution in [1.29, 1.82) is 0 Å². The van der Waals surface area contributed by atoms with E-state index in [1.807, 2.05) is 17.9 Å². The van der Waals surface area contributed by atoms with Gasteiger partial charge in [-0.25, -0.2) is 4.79 Å². The molecule has 0 aromatic heterocycles. The van der Waals surface area contributed by atoms with Gasteiger partial charge in [0.2, 0.25) is 5.91 Å².